The fraction of sp³-hybridized carbons (Fsp3) is 0.667. The molecule has 2 aliphatic heterocycles. The van der Waals surface area contributed by atoms with E-state index >= 15 is 0 Å². The molecule has 1 aromatic carbocycles. The topological polar surface area (TPSA) is 79.0 Å². The lowest BCUT2D eigenvalue weighted by atomic mass is 9.87. The Morgan fingerprint density at radius 1 is 1.27 bits per heavy atom. The van der Waals surface area contributed by atoms with Gasteiger partial charge in [0.25, 0.3) is 0 Å². The number of benzene rings is 1. The number of nitrogens with one attached hydrogen (secondary N) is 1. The first-order valence-corrected chi connectivity index (χ1v) is 11.9. The van der Waals surface area contributed by atoms with Crippen LogP contribution in [0.3, 0.4) is 0 Å². The Morgan fingerprint density at radius 2 is 1.93 bits per heavy atom. The fourth-order valence-corrected chi connectivity index (χ4v) is 6.11. The molecule has 0 radical (unpaired) electrons. The first-order chi connectivity index (χ1) is 14.1. The van der Waals surface area contributed by atoms with Crippen LogP contribution in [-0.2, 0) is 14.8 Å². The molecule has 30 heavy (non-hydrogen) atoms. The van der Waals surface area contributed by atoms with E-state index in [4.69, 9.17) is 4.74 Å². The third kappa shape index (κ3) is 4.78. The van der Waals surface area contributed by atoms with E-state index in [2.05, 4.69) is 10.2 Å². The molecule has 1 N–H and O–H groups in total. The largest absolute Gasteiger partial charge is 0.494 e. The third-order valence-corrected chi connectivity index (χ3v) is 8.10. The van der Waals surface area contributed by atoms with Crippen molar-refractivity contribution in [3.63, 3.8) is 0 Å². The minimum absolute atomic E-state index is 0.0213. The standard InChI is InChI=1S/C21H32FN3O4S/c1-14(2)23-21(26)16-11-19(24(3)13-16)15-7-9-25(10-8-15)30(27,28)17-5-6-20(29-4)18(22)12-17/h5-6,12,14-16,19H,7-11,13H2,1-4H3,(H,23,26)/t16-,19+/m0/s1. The first kappa shape index (κ1) is 23.0. The third-order valence-electron chi connectivity index (χ3n) is 6.21. The Morgan fingerprint density at radius 3 is 2.50 bits per heavy atom. The molecule has 0 aromatic heterocycles. The normalized spacial score (nSPS) is 24.3. The molecule has 1 aromatic rings. The number of halogens is 1. The monoisotopic (exact) mass is 441 g/mol. The van der Waals surface area contributed by atoms with E-state index < -0.39 is 15.8 Å². The number of likely N-dealkylation sites (tertiary alicyclic amines) is 1. The van der Waals surface area contributed by atoms with E-state index in [-0.39, 0.29) is 34.6 Å². The number of methoxy groups -OCH3 is 1. The molecule has 0 bridgehead atoms. The summed E-state index contributed by atoms with van der Waals surface area (Å²) in [6, 6.07) is 4.13. The quantitative estimate of drug-likeness (QED) is 0.731. The van der Waals surface area contributed by atoms with Gasteiger partial charge in [-0.25, -0.2) is 12.8 Å². The molecule has 0 saturated carbocycles. The van der Waals surface area contributed by atoms with Crippen LogP contribution < -0.4 is 10.1 Å². The molecule has 2 saturated heterocycles. The predicted octanol–water partition coefficient (Wildman–Crippen LogP) is 2.08. The SMILES string of the molecule is COc1ccc(S(=O)(=O)N2CCC([C@H]3C[C@H](C(=O)NC(C)C)CN3C)CC2)cc1F. The van der Waals surface area contributed by atoms with E-state index in [1.807, 2.05) is 20.9 Å². The average Bonchev–Trinajstić information content (AvgIpc) is 3.09. The van der Waals surface area contributed by atoms with E-state index in [1.165, 1.54) is 23.5 Å². The summed E-state index contributed by atoms with van der Waals surface area (Å²) < 4.78 is 46.2. The molecule has 2 fully saturated rings. The number of carbonyl (C=O) groups excluding carboxylic acids is 1. The van der Waals surface area contributed by atoms with Crippen molar-refractivity contribution in [2.75, 3.05) is 33.8 Å². The van der Waals surface area contributed by atoms with Crippen LogP contribution in [0.1, 0.15) is 33.1 Å². The van der Waals surface area contributed by atoms with Gasteiger partial charge in [0.05, 0.1) is 17.9 Å². The average molecular weight is 442 g/mol. The van der Waals surface area contributed by atoms with E-state index in [0.29, 0.717) is 19.0 Å². The van der Waals surface area contributed by atoms with Gasteiger partial charge in [0.1, 0.15) is 0 Å². The Hall–Kier alpha value is -1.71. The highest BCUT2D eigenvalue weighted by molar-refractivity contribution is 7.89. The van der Waals surface area contributed by atoms with Gasteiger partial charge in [0.15, 0.2) is 11.6 Å². The van der Waals surface area contributed by atoms with E-state index in [9.17, 15) is 17.6 Å². The highest BCUT2D eigenvalue weighted by atomic mass is 32.2. The fourth-order valence-electron chi connectivity index (χ4n) is 4.63. The number of nitrogens with zero attached hydrogens (tertiary/aromatic N) is 2. The van der Waals surface area contributed by atoms with Crippen molar-refractivity contribution in [1.82, 2.24) is 14.5 Å². The van der Waals surface area contributed by atoms with Gasteiger partial charge in [0, 0.05) is 31.7 Å². The number of hydrogen-bond donors (Lipinski definition) is 1. The summed E-state index contributed by atoms with van der Waals surface area (Å²) in [5.41, 5.74) is 0. The second-order valence-corrected chi connectivity index (χ2v) is 10.6. The number of amides is 1. The van der Waals surface area contributed by atoms with Crippen LogP contribution in [-0.4, -0.2) is 69.4 Å². The van der Waals surface area contributed by atoms with Gasteiger partial charge in [-0.3, -0.25) is 4.79 Å². The van der Waals surface area contributed by atoms with Gasteiger partial charge < -0.3 is 15.0 Å². The van der Waals surface area contributed by atoms with Crippen molar-refractivity contribution in [3.05, 3.63) is 24.0 Å². The lowest BCUT2D eigenvalue weighted by Gasteiger charge is -2.36. The zero-order chi connectivity index (χ0) is 22.1. The summed E-state index contributed by atoms with van der Waals surface area (Å²) in [7, 11) is -0.368. The van der Waals surface area contributed by atoms with Crippen molar-refractivity contribution in [2.45, 2.75) is 50.1 Å². The first-order valence-electron chi connectivity index (χ1n) is 10.5. The molecule has 2 aliphatic rings. The van der Waals surface area contributed by atoms with Crippen molar-refractivity contribution >= 4 is 15.9 Å². The van der Waals surface area contributed by atoms with Gasteiger partial charge in [-0.05, 0) is 64.3 Å². The van der Waals surface area contributed by atoms with Gasteiger partial charge >= 0.3 is 0 Å². The summed E-state index contributed by atoms with van der Waals surface area (Å²) >= 11 is 0. The molecule has 168 valence electrons. The summed E-state index contributed by atoms with van der Waals surface area (Å²) in [5.74, 6) is -0.252. The van der Waals surface area contributed by atoms with E-state index in [0.717, 1.165) is 31.9 Å². The Balaban J connectivity index is 1.62. The molecule has 7 nitrogen and oxygen atoms in total. The highest BCUT2D eigenvalue weighted by Crippen LogP contribution is 2.34. The molecule has 1 amide bonds. The summed E-state index contributed by atoms with van der Waals surface area (Å²) in [5, 5.41) is 2.99. The number of hydrogen-bond acceptors (Lipinski definition) is 5. The van der Waals surface area contributed by atoms with Crippen molar-refractivity contribution in [1.29, 1.82) is 0 Å². The predicted molar refractivity (Wildman–Crippen MR) is 112 cm³/mol. The molecule has 2 atom stereocenters. The molecule has 9 heteroatoms. The number of ether oxygens (including phenoxy) is 1. The molecule has 0 unspecified atom stereocenters. The van der Waals surface area contributed by atoms with Crippen LogP contribution >= 0.6 is 0 Å². The maximum atomic E-state index is 14.0. The Kier molecular flexibility index (Phi) is 7.04. The van der Waals surface area contributed by atoms with Crippen molar-refractivity contribution in [3.8, 4) is 5.75 Å². The van der Waals surface area contributed by atoms with Gasteiger partial charge in [-0.2, -0.15) is 4.31 Å². The van der Waals surface area contributed by atoms with E-state index in [1.54, 1.807) is 0 Å². The van der Waals surface area contributed by atoms with Crippen molar-refractivity contribution in [2.24, 2.45) is 11.8 Å². The van der Waals surface area contributed by atoms with Crippen LogP contribution in [0.15, 0.2) is 23.1 Å². The van der Waals surface area contributed by atoms with Crippen LogP contribution in [0.5, 0.6) is 5.75 Å². The smallest absolute Gasteiger partial charge is 0.243 e. The van der Waals surface area contributed by atoms with Crippen molar-refractivity contribution < 1.29 is 22.3 Å². The van der Waals surface area contributed by atoms with Crippen LogP contribution in [0.25, 0.3) is 0 Å². The van der Waals surface area contributed by atoms with Gasteiger partial charge in [-0.15, -0.1) is 0 Å². The molecular weight excluding hydrogens is 409 g/mol. The number of rotatable bonds is 6. The summed E-state index contributed by atoms with van der Waals surface area (Å²) in [4.78, 5) is 14.6. The Bertz CT molecular complexity index is 869. The minimum Gasteiger partial charge on any atom is -0.494 e. The second kappa shape index (κ2) is 9.20. The molecule has 3 rings (SSSR count). The molecular formula is C21H32FN3O4S. The number of carbonyl (C=O) groups is 1. The summed E-state index contributed by atoms with van der Waals surface area (Å²) in [6.07, 6.45) is 2.26. The zero-order valence-corrected chi connectivity index (χ0v) is 18.9. The second-order valence-electron chi connectivity index (χ2n) is 8.64. The maximum absolute atomic E-state index is 14.0. The number of sulfonamides is 1. The van der Waals surface area contributed by atoms with Gasteiger partial charge in [0.2, 0.25) is 15.9 Å². The Labute approximate surface area is 178 Å². The lowest BCUT2D eigenvalue weighted by Crippen LogP contribution is -2.43. The zero-order valence-electron chi connectivity index (χ0n) is 18.1. The highest BCUT2D eigenvalue weighted by Gasteiger charge is 2.40. The lowest BCUT2D eigenvalue weighted by molar-refractivity contribution is -0.125. The minimum atomic E-state index is -3.75. The summed E-state index contributed by atoms with van der Waals surface area (Å²) in [6.45, 7) is 5.44. The van der Waals surface area contributed by atoms with Crippen LogP contribution in [0.4, 0.5) is 4.39 Å². The van der Waals surface area contributed by atoms with Crippen LogP contribution in [0, 0.1) is 17.7 Å². The molecule has 0 spiro atoms. The van der Waals surface area contributed by atoms with Crippen LogP contribution in [0.2, 0.25) is 0 Å². The molecule has 2 heterocycles. The van der Waals surface area contributed by atoms with Gasteiger partial charge in [-0.1, -0.05) is 0 Å². The molecule has 0 aliphatic carbocycles. The number of piperidine rings is 1. The maximum Gasteiger partial charge on any atom is 0.243 e.